The van der Waals surface area contributed by atoms with Gasteiger partial charge in [0.1, 0.15) is 5.82 Å². The molecule has 0 amide bonds. The topological polar surface area (TPSA) is 78.9 Å². The van der Waals surface area contributed by atoms with E-state index in [1.165, 1.54) is 0 Å². The van der Waals surface area contributed by atoms with E-state index in [-0.39, 0.29) is 5.56 Å². The minimum absolute atomic E-state index is 0.251. The van der Waals surface area contributed by atoms with Gasteiger partial charge in [-0.05, 0) is 34.1 Å². The molecule has 0 bridgehead atoms. The van der Waals surface area contributed by atoms with Crippen molar-refractivity contribution in [1.29, 1.82) is 0 Å². The summed E-state index contributed by atoms with van der Waals surface area (Å²) in [6.07, 6.45) is 1.68. The molecular weight excluding hydrogens is 310 g/mol. The van der Waals surface area contributed by atoms with Gasteiger partial charge in [0, 0.05) is 16.2 Å². The van der Waals surface area contributed by atoms with Gasteiger partial charge in [0.15, 0.2) is 5.65 Å². The molecule has 5 nitrogen and oxygen atoms in total. The number of carbonyl (C=O) groups is 1. The third-order valence-electron chi connectivity index (χ3n) is 2.71. The van der Waals surface area contributed by atoms with E-state index in [4.69, 9.17) is 5.11 Å². The van der Waals surface area contributed by atoms with E-state index in [2.05, 4.69) is 30.9 Å². The minimum Gasteiger partial charge on any atom is -0.478 e. The summed E-state index contributed by atoms with van der Waals surface area (Å²) in [4.78, 5) is 22.5. The Kier molecular flexibility index (Phi) is 2.79. The number of carboxylic acid groups (broad SMARTS) is 1. The highest BCUT2D eigenvalue weighted by Gasteiger charge is 2.08. The molecule has 0 spiro atoms. The molecule has 19 heavy (non-hydrogen) atoms. The van der Waals surface area contributed by atoms with Gasteiger partial charge in [-0.1, -0.05) is 12.1 Å². The number of benzene rings is 1. The van der Waals surface area contributed by atoms with Crippen LogP contribution in [0.3, 0.4) is 0 Å². The van der Waals surface area contributed by atoms with E-state index in [1.807, 2.05) is 6.07 Å². The number of pyridine rings is 1. The van der Waals surface area contributed by atoms with Crippen molar-refractivity contribution >= 4 is 33.1 Å². The molecule has 0 atom stereocenters. The first-order chi connectivity index (χ1) is 9.13. The number of imidazole rings is 1. The summed E-state index contributed by atoms with van der Waals surface area (Å²) in [5.74, 6) is -0.278. The van der Waals surface area contributed by atoms with Gasteiger partial charge in [0.05, 0.1) is 11.1 Å². The second-order valence-electron chi connectivity index (χ2n) is 3.99. The number of hydrogen-bond donors (Lipinski definition) is 2. The van der Waals surface area contributed by atoms with Gasteiger partial charge in [-0.15, -0.1) is 0 Å². The van der Waals surface area contributed by atoms with Crippen molar-refractivity contribution in [3.8, 4) is 11.4 Å². The number of halogens is 1. The average molecular weight is 318 g/mol. The summed E-state index contributed by atoms with van der Waals surface area (Å²) >= 11 is 3.35. The smallest absolute Gasteiger partial charge is 0.335 e. The molecule has 0 unspecified atom stereocenters. The van der Waals surface area contributed by atoms with Crippen LogP contribution >= 0.6 is 15.9 Å². The summed E-state index contributed by atoms with van der Waals surface area (Å²) in [7, 11) is 0. The summed E-state index contributed by atoms with van der Waals surface area (Å²) in [5, 5.41) is 8.85. The Balaban J connectivity index is 2.06. The molecule has 0 saturated heterocycles. The van der Waals surface area contributed by atoms with Crippen LogP contribution in [0.4, 0.5) is 0 Å². The molecule has 3 rings (SSSR count). The lowest BCUT2D eigenvalue weighted by Crippen LogP contribution is -1.95. The van der Waals surface area contributed by atoms with E-state index in [0.717, 1.165) is 15.6 Å². The van der Waals surface area contributed by atoms with Crippen LogP contribution in [0.1, 0.15) is 10.4 Å². The fourth-order valence-electron chi connectivity index (χ4n) is 1.78. The molecule has 0 aliphatic carbocycles. The maximum Gasteiger partial charge on any atom is 0.335 e. The Hall–Kier alpha value is -2.21. The molecule has 0 aliphatic heterocycles. The molecule has 0 aliphatic rings. The second-order valence-corrected chi connectivity index (χ2v) is 4.91. The van der Waals surface area contributed by atoms with Gasteiger partial charge in [-0.3, -0.25) is 0 Å². The number of hydrogen-bond acceptors (Lipinski definition) is 3. The lowest BCUT2D eigenvalue weighted by atomic mass is 10.1. The van der Waals surface area contributed by atoms with Crippen molar-refractivity contribution in [2.75, 3.05) is 0 Å². The molecule has 1 aromatic carbocycles. The van der Waals surface area contributed by atoms with E-state index < -0.39 is 5.97 Å². The zero-order valence-corrected chi connectivity index (χ0v) is 11.2. The predicted octanol–water partition coefficient (Wildman–Crippen LogP) is 3.09. The number of aromatic nitrogens is 3. The van der Waals surface area contributed by atoms with Crippen molar-refractivity contribution in [1.82, 2.24) is 15.0 Å². The number of nitrogens with zero attached hydrogens (tertiary/aromatic N) is 2. The molecule has 0 fully saturated rings. The highest BCUT2D eigenvalue weighted by Crippen LogP contribution is 2.21. The Bertz CT molecular complexity index is 765. The summed E-state index contributed by atoms with van der Waals surface area (Å²) in [6, 6.07) is 8.43. The largest absolute Gasteiger partial charge is 0.478 e. The van der Waals surface area contributed by atoms with E-state index in [0.29, 0.717) is 11.5 Å². The SMILES string of the molecule is O=C(O)c1ccc(-c2nc3ncc(Br)cc3[nH]2)cc1. The summed E-state index contributed by atoms with van der Waals surface area (Å²) < 4.78 is 0.872. The predicted molar refractivity (Wildman–Crippen MR) is 74.0 cm³/mol. The van der Waals surface area contributed by atoms with Crippen molar-refractivity contribution in [2.45, 2.75) is 0 Å². The Labute approximate surface area is 116 Å². The van der Waals surface area contributed by atoms with Gasteiger partial charge in [0.2, 0.25) is 0 Å². The fourth-order valence-corrected chi connectivity index (χ4v) is 2.11. The molecule has 94 valence electrons. The normalized spacial score (nSPS) is 10.8. The highest BCUT2D eigenvalue weighted by molar-refractivity contribution is 9.10. The zero-order valence-electron chi connectivity index (χ0n) is 9.59. The standard InChI is InChI=1S/C13H8BrN3O2/c14-9-5-10-12(15-6-9)17-11(16-10)7-1-3-8(4-2-7)13(18)19/h1-6H,(H,18,19)(H,15,16,17). The number of carboxylic acids is 1. The fraction of sp³-hybridized carbons (Fsp3) is 0. The van der Waals surface area contributed by atoms with Crippen LogP contribution in [0.2, 0.25) is 0 Å². The third-order valence-corrected chi connectivity index (χ3v) is 3.14. The number of aromatic amines is 1. The van der Waals surface area contributed by atoms with Gasteiger partial charge in [-0.25, -0.2) is 14.8 Å². The summed E-state index contributed by atoms with van der Waals surface area (Å²) in [6.45, 7) is 0. The average Bonchev–Trinajstić information content (AvgIpc) is 2.81. The van der Waals surface area contributed by atoms with Crippen LogP contribution in [-0.4, -0.2) is 26.0 Å². The lowest BCUT2D eigenvalue weighted by Gasteiger charge is -1.97. The molecule has 2 N–H and O–H groups in total. The number of fused-ring (bicyclic) bond motifs is 1. The molecule has 0 radical (unpaired) electrons. The second kappa shape index (κ2) is 4.47. The molecule has 0 saturated carbocycles. The van der Waals surface area contributed by atoms with Crippen molar-refractivity contribution in [3.05, 3.63) is 46.6 Å². The number of nitrogens with one attached hydrogen (secondary N) is 1. The van der Waals surface area contributed by atoms with E-state index >= 15 is 0 Å². The van der Waals surface area contributed by atoms with Crippen molar-refractivity contribution in [2.24, 2.45) is 0 Å². The van der Waals surface area contributed by atoms with E-state index in [9.17, 15) is 4.79 Å². The third kappa shape index (κ3) is 2.22. The maximum atomic E-state index is 10.8. The molecule has 6 heteroatoms. The Morgan fingerprint density at radius 3 is 2.68 bits per heavy atom. The van der Waals surface area contributed by atoms with Crippen LogP contribution in [0.15, 0.2) is 41.0 Å². The minimum atomic E-state index is -0.943. The van der Waals surface area contributed by atoms with Crippen LogP contribution < -0.4 is 0 Å². The first kappa shape index (κ1) is 11.9. The van der Waals surface area contributed by atoms with E-state index in [1.54, 1.807) is 30.5 Å². The van der Waals surface area contributed by atoms with Gasteiger partial charge >= 0.3 is 5.97 Å². The quantitative estimate of drug-likeness (QED) is 0.761. The van der Waals surface area contributed by atoms with Crippen LogP contribution in [0.25, 0.3) is 22.6 Å². The first-order valence-corrected chi connectivity index (χ1v) is 6.28. The number of aromatic carboxylic acids is 1. The van der Waals surface area contributed by atoms with Crippen LogP contribution in [0.5, 0.6) is 0 Å². The summed E-state index contributed by atoms with van der Waals surface area (Å²) in [5.41, 5.74) is 2.52. The van der Waals surface area contributed by atoms with Crippen molar-refractivity contribution < 1.29 is 9.90 Å². The highest BCUT2D eigenvalue weighted by atomic mass is 79.9. The molecule has 2 aromatic heterocycles. The lowest BCUT2D eigenvalue weighted by molar-refractivity contribution is 0.0697. The van der Waals surface area contributed by atoms with Crippen LogP contribution in [0, 0.1) is 0 Å². The monoisotopic (exact) mass is 317 g/mol. The zero-order chi connectivity index (χ0) is 13.4. The maximum absolute atomic E-state index is 10.8. The van der Waals surface area contributed by atoms with Gasteiger partial charge in [-0.2, -0.15) is 0 Å². The van der Waals surface area contributed by atoms with Crippen molar-refractivity contribution in [3.63, 3.8) is 0 Å². The number of H-pyrrole nitrogens is 1. The Morgan fingerprint density at radius 1 is 1.26 bits per heavy atom. The van der Waals surface area contributed by atoms with Crippen LogP contribution in [-0.2, 0) is 0 Å². The molecular formula is C13H8BrN3O2. The number of rotatable bonds is 2. The molecule has 3 aromatic rings. The van der Waals surface area contributed by atoms with Gasteiger partial charge < -0.3 is 10.1 Å². The molecule has 2 heterocycles. The van der Waals surface area contributed by atoms with Gasteiger partial charge in [0.25, 0.3) is 0 Å². The Morgan fingerprint density at radius 2 is 2.00 bits per heavy atom. The first-order valence-electron chi connectivity index (χ1n) is 5.48.